The van der Waals surface area contributed by atoms with E-state index in [4.69, 9.17) is 14.8 Å². The Bertz CT molecular complexity index is 319. The minimum atomic E-state index is -1.95. The standard InChI is InChI=1S/C9H12BFO4/c1-2-5-14-9-4-3-7(6-8(9)11)15-10(12)13/h3-4,6,12-13H,2,5H2,1H3. The van der Waals surface area contributed by atoms with Gasteiger partial charge in [-0.1, -0.05) is 6.92 Å². The van der Waals surface area contributed by atoms with Gasteiger partial charge in [-0.25, -0.2) is 4.39 Å². The van der Waals surface area contributed by atoms with Crippen molar-refractivity contribution in [1.82, 2.24) is 0 Å². The summed E-state index contributed by atoms with van der Waals surface area (Å²) in [6, 6.07) is 3.81. The molecule has 0 spiro atoms. The third-order valence-corrected chi connectivity index (χ3v) is 1.61. The summed E-state index contributed by atoms with van der Waals surface area (Å²) >= 11 is 0. The first-order valence-electron chi connectivity index (χ1n) is 4.58. The van der Waals surface area contributed by atoms with Crippen LogP contribution in [0.1, 0.15) is 13.3 Å². The highest BCUT2D eigenvalue weighted by Crippen LogP contribution is 2.22. The maximum absolute atomic E-state index is 13.3. The molecule has 0 unspecified atom stereocenters. The lowest BCUT2D eigenvalue weighted by Gasteiger charge is -2.08. The summed E-state index contributed by atoms with van der Waals surface area (Å²) < 4.78 is 22.8. The quantitative estimate of drug-likeness (QED) is 0.716. The van der Waals surface area contributed by atoms with E-state index in [1.54, 1.807) is 0 Å². The van der Waals surface area contributed by atoms with Gasteiger partial charge in [0.05, 0.1) is 6.61 Å². The molecule has 0 atom stereocenters. The number of rotatable bonds is 5. The maximum Gasteiger partial charge on any atom is 0.707 e. The van der Waals surface area contributed by atoms with Crippen LogP contribution in [0.25, 0.3) is 0 Å². The fourth-order valence-corrected chi connectivity index (χ4v) is 1.01. The van der Waals surface area contributed by atoms with E-state index in [1.807, 2.05) is 6.92 Å². The van der Waals surface area contributed by atoms with Crippen molar-refractivity contribution in [1.29, 1.82) is 0 Å². The predicted molar refractivity (Wildman–Crippen MR) is 53.0 cm³/mol. The lowest BCUT2D eigenvalue weighted by atomic mass is 10.2. The Labute approximate surface area is 87.4 Å². The molecule has 15 heavy (non-hydrogen) atoms. The average molecular weight is 214 g/mol. The summed E-state index contributed by atoms with van der Waals surface area (Å²) in [5.74, 6) is -0.440. The van der Waals surface area contributed by atoms with Crippen LogP contribution in [0.15, 0.2) is 18.2 Å². The second-order valence-corrected chi connectivity index (χ2v) is 2.88. The zero-order valence-electron chi connectivity index (χ0n) is 8.31. The number of ether oxygens (including phenoxy) is 1. The largest absolute Gasteiger partial charge is 0.707 e. The van der Waals surface area contributed by atoms with Crippen molar-refractivity contribution in [3.05, 3.63) is 24.0 Å². The first-order valence-corrected chi connectivity index (χ1v) is 4.58. The zero-order valence-corrected chi connectivity index (χ0v) is 8.31. The van der Waals surface area contributed by atoms with Crippen LogP contribution in [0.2, 0.25) is 0 Å². The Hall–Kier alpha value is -1.27. The van der Waals surface area contributed by atoms with Gasteiger partial charge in [0.15, 0.2) is 11.6 Å². The molecule has 6 heteroatoms. The monoisotopic (exact) mass is 214 g/mol. The van der Waals surface area contributed by atoms with E-state index in [1.165, 1.54) is 12.1 Å². The molecule has 4 nitrogen and oxygen atoms in total. The highest BCUT2D eigenvalue weighted by Gasteiger charge is 2.13. The fraction of sp³-hybridized carbons (Fsp3) is 0.333. The van der Waals surface area contributed by atoms with E-state index in [0.29, 0.717) is 6.61 Å². The number of hydrogen-bond donors (Lipinski definition) is 2. The maximum atomic E-state index is 13.3. The molecule has 0 aromatic heterocycles. The average Bonchev–Trinajstić information content (AvgIpc) is 2.15. The van der Waals surface area contributed by atoms with E-state index in [2.05, 4.69) is 4.65 Å². The summed E-state index contributed by atoms with van der Waals surface area (Å²) in [5, 5.41) is 17.0. The number of benzene rings is 1. The Morgan fingerprint density at radius 1 is 1.40 bits per heavy atom. The van der Waals surface area contributed by atoms with Crippen molar-refractivity contribution in [2.75, 3.05) is 6.61 Å². The predicted octanol–water partition coefficient (Wildman–Crippen LogP) is 0.963. The molecule has 1 aromatic carbocycles. The Morgan fingerprint density at radius 2 is 2.13 bits per heavy atom. The Balaban J connectivity index is 2.69. The summed E-state index contributed by atoms with van der Waals surface area (Å²) in [6.45, 7) is 2.34. The van der Waals surface area contributed by atoms with E-state index in [-0.39, 0.29) is 11.5 Å². The first-order chi connectivity index (χ1) is 7.13. The van der Waals surface area contributed by atoms with Gasteiger partial charge in [-0.2, -0.15) is 0 Å². The van der Waals surface area contributed by atoms with E-state index >= 15 is 0 Å². The molecule has 82 valence electrons. The van der Waals surface area contributed by atoms with Crippen molar-refractivity contribution in [3.63, 3.8) is 0 Å². The van der Waals surface area contributed by atoms with Crippen LogP contribution in [-0.4, -0.2) is 24.0 Å². The van der Waals surface area contributed by atoms with Crippen LogP contribution in [0.5, 0.6) is 11.5 Å². The second-order valence-electron chi connectivity index (χ2n) is 2.88. The van der Waals surface area contributed by atoms with Gasteiger partial charge in [-0.15, -0.1) is 0 Å². The van der Waals surface area contributed by atoms with Gasteiger partial charge in [-0.3, -0.25) is 0 Å². The zero-order chi connectivity index (χ0) is 11.3. The molecular formula is C9H12BFO4. The third kappa shape index (κ3) is 3.77. The molecule has 0 aliphatic heterocycles. The topological polar surface area (TPSA) is 58.9 Å². The molecule has 0 amide bonds. The van der Waals surface area contributed by atoms with Gasteiger partial charge in [0.25, 0.3) is 0 Å². The molecule has 1 rings (SSSR count). The van der Waals surface area contributed by atoms with Crippen molar-refractivity contribution in [2.45, 2.75) is 13.3 Å². The smallest absolute Gasteiger partial charge is 0.512 e. The molecule has 0 saturated carbocycles. The van der Waals surface area contributed by atoms with Gasteiger partial charge in [0.1, 0.15) is 5.75 Å². The van der Waals surface area contributed by atoms with E-state index < -0.39 is 13.1 Å². The van der Waals surface area contributed by atoms with Gasteiger partial charge >= 0.3 is 7.32 Å². The summed E-state index contributed by atoms with van der Waals surface area (Å²) in [4.78, 5) is 0. The molecule has 0 bridgehead atoms. The van der Waals surface area contributed by atoms with Gasteiger partial charge in [-0.05, 0) is 18.6 Å². The molecule has 0 saturated heterocycles. The third-order valence-electron chi connectivity index (χ3n) is 1.61. The Morgan fingerprint density at radius 3 is 2.67 bits per heavy atom. The molecule has 0 aliphatic rings. The second kappa shape index (κ2) is 5.58. The van der Waals surface area contributed by atoms with Gasteiger partial charge in [0.2, 0.25) is 0 Å². The number of hydrogen-bond acceptors (Lipinski definition) is 4. The highest BCUT2D eigenvalue weighted by atomic mass is 19.1. The van der Waals surface area contributed by atoms with Crippen molar-refractivity contribution >= 4 is 7.32 Å². The molecule has 0 radical (unpaired) electrons. The molecule has 1 aromatic rings. The van der Waals surface area contributed by atoms with Crippen LogP contribution in [0.4, 0.5) is 4.39 Å². The van der Waals surface area contributed by atoms with Crippen molar-refractivity contribution < 1.29 is 23.8 Å². The summed E-state index contributed by atoms with van der Waals surface area (Å²) in [7, 11) is -1.95. The minimum absolute atomic E-state index is 0.0337. The molecular weight excluding hydrogens is 202 g/mol. The molecule has 0 heterocycles. The molecule has 0 fully saturated rings. The summed E-state index contributed by atoms with van der Waals surface area (Å²) in [5.41, 5.74) is 0. The Kier molecular flexibility index (Phi) is 4.39. The van der Waals surface area contributed by atoms with E-state index in [0.717, 1.165) is 12.5 Å². The minimum Gasteiger partial charge on any atom is -0.512 e. The van der Waals surface area contributed by atoms with Crippen molar-refractivity contribution in [3.8, 4) is 11.5 Å². The van der Waals surface area contributed by atoms with E-state index in [9.17, 15) is 4.39 Å². The lowest BCUT2D eigenvalue weighted by molar-refractivity contribution is 0.283. The number of halogens is 1. The van der Waals surface area contributed by atoms with Crippen LogP contribution in [0.3, 0.4) is 0 Å². The molecule has 0 aliphatic carbocycles. The van der Waals surface area contributed by atoms with Crippen LogP contribution >= 0.6 is 0 Å². The fourth-order valence-electron chi connectivity index (χ4n) is 1.01. The van der Waals surface area contributed by atoms with Crippen LogP contribution < -0.4 is 9.39 Å². The first kappa shape index (κ1) is 11.8. The van der Waals surface area contributed by atoms with Crippen LogP contribution in [0, 0.1) is 5.82 Å². The van der Waals surface area contributed by atoms with Crippen molar-refractivity contribution in [2.24, 2.45) is 0 Å². The van der Waals surface area contributed by atoms with Gasteiger partial charge in [0, 0.05) is 6.07 Å². The van der Waals surface area contributed by atoms with Gasteiger partial charge < -0.3 is 19.4 Å². The summed E-state index contributed by atoms with van der Waals surface area (Å²) in [6.07, 6.45) is 0.785. The molecule has 2 N–H and O–H groups in total. The van der Waals surface area contributed by atoms with Crippen LogP contribution in [-0.2, 0) is 0 Å². The highest BCUT2D eigenvalue weighted by molar-refractivity contribution is 6.33. The lowest BCUT2D eigenvalue weighted by Crippen LogP contribution is -2.20. The normalized spacial score (nSPS) is 9.87. The SMILES string of the molecule is CCCOc1ccc(OB(O)O)cc1F.